The van der Waals surface area contributed by atoms with Crippen LogP contribution in [0.3, 0.4) is 0 Å². The second-order valence-corrected chi connectivity index (χ2v) is 0. The molecule has 0 N–H and O–H groups in total. The summed E-state index contributed by atoms with van der Waals surface area (Å²) in [4.78, 5) is 0. The Hall–Kier alpha value is 4.61. The maximum atomic E-state index is 8.25. The Bertz CT molecular complexity index is 19.2. The molecule has 0 aromatic rings. The summed E-state index contributed by atoms with van der Waals surface area (Å²) in [5.41, 5.74) is 0. The molecular formula is H6BaBiKOTi. The fraction of sp³-hybridized carbons (Fsp3) is 0. The summed E-state index contributed by atoms with van der Waals surface area (Å²) in [6.45, 7) is 0. The van der Waals surface area contributed by atoms with Gasteiger partial charge >= 0.3 is 150 Å². The van der Waals surface area contributed by atoms with E-state index in [1.807, 2.05) is 0 Å². The molecule has 0 heterocycles. The predicted octanol–water partition coefficient (Wildman–Crippen LogP) is -4.34. The van der Waals surface area contributed by atoms with Crippen LogP contribution in [0, 0.1) is 0 Å². The van der Waals surface area contributed by atoms with E-state index in [-0.39, 0.29) is 131 Å². The molecule has 0 aliphatic carbocycles. The van der Waals surface area contributed by atoms with Gasteiger partial charge in [-0.1, -0.05) is 0 Å². The molecule has 0 unspecified atom stereocenters. The quantitative estimate of drug-likeness (QED) is 0.338. The molecule has 0 aromatic carbocycles. The van der Waals surface area contributed by atoms with Crippen LogP contribution in [-0.4, -0.2) is 75.1 Å². The van der Waals surface area contributed by atoms with E-state index < -0.39 is 0 Å². The molecule has 1 nitrogen and oxygen atoms in total. The minimum atomic E-state index is 0. The van der Waals surface area contributed by atoms with Crippen molar-refractivity contribution in [3.05, 3.63) is 0 Å². The molecule has 0 atom stereocenters. The molecule has 5 heavy (non-hydrogen) atoms. The van der Waals surface area contributed by atoms with Gasteiger partial charge in [-0.05, 0) is 0 Å². The van der Waals surface area contributed by atoms with Crippen LogP contribution in [-0.2, 0) is 23.7 Å². The summed E-state index contributed by atoms with van der Waals surface area (Å²) < 4.78 is 8.25. The van der Waals surface area contributed by atoms with Crippen molar-refractivity contribution in [2.75, 3.05) is 0 Å². The van der Waals surface area contributed by atoms with Gasteiger partial charge in [0, 0.05) is 0 Å². The van der Waals surface area contributed by atoms with Gasteiger partial charge in [0.15, 0.2) is 0 Å². The average Bonchev–Trinajstić information content (AvgIpc) is 1.00. The van der Waals surface area contributed by atoms with Gasteiger partial charge in [-0.25, -0.2) is 0 Å². The Labute approximate surface area is 150 Å². The van der Waals surface area contributed by atoms with Gasteiger partial charge in [0.1, 0.15) is 0 Å². The molecule has 0 rings (SSSR count). The van der Waals surface area contributed by atoms with Crippen molar-refractivity contribution in [1.29, 1.82) is 0 Å². The van der Waals surface area contributed by atoms with E-state index in [2.05, 4.69) is 0 Å². The van der Waals surface area contributed by atoms with E-state index in [1.54, 1.807) is 0 Å². The molecular weight excluding hydrogens is 449 g/mol. The van der Waals surface area contributed by atoms with Crippen LogP contribution < -0.4 is 51.4 Å². The fourth-order valence-corrected chi connectivity index (χ4v) is 0. The third-order valence-corrected chi connectivity index (χ3v) is 0. The van der Waals surface area contributed by atoms with Crippen LogP contribution in [0.1, 0.15) is 4.28 Å². The van der Waals surface area contributed by atoms with Crippen molar-refractivity contribution in [1.82, 2.24) is 0 Å². The predicted molar refractivity (Wildman–Crippen MR) is 19.7 cm³/mol. The summed E-state index contributed by atoms with van der Waals surface area (Å²) >= 11 is 0.750. The Kier molecular flexibility index (Phi) is 106. The summed E-state index contributed by atoms with van der Waals surface area (Å²) in [6, 6.07) is 0. The fourth-order valence-electron chi connectivity index (χ4n) is 0. The van der Waals surface area contributed by atoms with Crippen LogP contribution in [0.5, 0.6) is 0 Å². The minimum absolute atomic E-state index is 0. The first-order chi connectivity index (χ1) is 1.00. The monoisotopic (exact) mass is 456 g/mol. The van der Waals surface area contributed by atoms with Crippen LogP contribution in [0.25, 0.3) is 0 Å². The topological polar surface area (TPSA) is 17.1 Å². The van der Waals surface area contributed by atoms with E-state index in [1.165, 1.54) is 0 Å². The Morgan fingerprint density at radius 1 is 1.40 bits per heavy atom. The molecule has 0 aromatic heterocycles. The molecule has 0 radical (unpaired) electrons. The van der Waals surface area contributed by atoms with Gasteiger partial charge in [0.05, 0.1) is 0 Å². The van der Waals surface area contributed by atoms with Gasteiger partial charge in [-0.3, -0.25) is 0 Å². The van der Waals surface area contributed by atoms with Crippen molar-refractivity contribution in [2.45, 2.75) is 0 Å². The van der Waals surface area contributed by atoms with Crippen LogP contribution in [0.15, 0.2) is 0 Å². The first-order valence-corrected chi connectivity index (χ1v) is 0.842. The SMILES string of the molecule is [Ba+2].[BiH3].[H-].[H-].[H-].[K+].[O]=[Ti]. The van der Waals surface area contributed by atoms with E-state index in [0.717, 1.165) is 20.4 Å². The third-order valence-electron chi connectivity index (χ3n) is 0. The number of hydrogen-bond acceptors (Lipinski definition) is 1. The van der Waals surface area contributed by atoms with Gasteiger partial charge in [0.2, 0.25) is 0 Å². The molecule has 0 saturated carbocycles. The van der Waals surface area contributed by atoms with E-state index in [4.69, 9.17) is 3.32 Å². The molecule has 0 aliphatic heterocycles. The summed E-state index contributed by atoms with van der Waals surface area (Å²) in [7, 11) is 0. The van der Waals surface area contributed by atoms with E-state index in [0.29, 0.717) is 0 Å². The van der Waals surface area contributed by atoms with Crippen LogP contribution >= 0.6 is 0 Å². The maximum absolute atomic E-state index is 8.25. The zero-order valence-electron chi connectivity index (χ0n) is 6.32. The Morgan fingerprint density at radius 2 is 1.40 bits per heavy atom. The van der Waals surface area contributed by atoms with Gasteiger partial charge < -0.3 is 4.28 Å². The standard InChI is InChI=1S/Ba.Bi.K.O.Ti.6H/q+2;;+1;;;;;;3*-1. The summed E-state index contributed by atoms with van der Waals surface area (Å²) in [5.74, 6) is 0. The van der Waals surface area contributed by atoms with Crippen molar-refractivity contribution in [3.8, 4) is 0 Å². The molecule has 0 aliphatic rings. The Morgan fingerprint density at radius 3 is 1.40 bits per heavy atom. The molecule has 24 valence electrons. The molecule has 0 spiro atoms. The zero-order valence-corrected chi connectivity index (χ0v) is 17.9. The van der Waals surface area contributed by atoms with Gasteiger partial charge in [-0.2, -0.15) is 0 Å². The van der Waals surface area contributed by atoms with E-state index >= 15 is 0 Å². The van der Waals surface area contributed by atoms with Crippen molar-refractivity contribution in [3.63, 3.8) is 0 Å². The van der Waals surface area contributed by atoms with Crippen molar-refractivity contribution in [2.24, 2.45) is 0 Å². The summed E-state index contributed by atoms with van der Waals surface area (Å²) in [6.07, 6.45) is 0. The molecule has 0 amide bonds. The van der Waals surface area contributed by atoms with Gasteiger partial charge in [0.25, 0.3) is 0 Å². The van der Waals surface area contributed by atoms with Crippen LogP contribution in [0.2, 0.25) is 0 Å². The van der Waals surface area contributed by atoms with Crippen molar-refractivity contribution >= 4 is 75.1 Å². The third kappa shape index (κ3) is 17.7. The normalized spacial score (nSPS) is 0.600. The van der Waals surface area contributed by atoms with Crippen molar-refractivity contribution < 1.29 is 79.4 Å². The first kappa shape index (κ1) is 22.6. The molecule has 0 bridgehead atoms. The first-order valence-electron chi connectivity index (χ1n) is 0.204. The van der Waals surface area contributed by atoms with Crippen LogP contribution in [0.4, 0.5) is 0 Å². The van der Waals surface area contributed by atoms with E-state index in [9.17, 15) is 0 Å². The zero-order chi connectivity index (χ0) is 2.00. The average molecular weight is 455 g/mol. The molecule has 5 heteroatoms. The Balaban J connectivity index is -0.000000000333. The second kappa shape index (κ2) is 23.5. The second-order valence-electron chi connectivity index (χ2n) is 0. The van der Waals surface area contributed by atoms with Gasteiger partial charge in [-0.15, -0.1) is 0 Å². The molecule has 0 fully saturated rings. The summed E-state index contributed by atoms with van der Waals surface area (Å²) in [5, 5.41) is 0. The number of hydrogen-bond donors (Lipinski definition) is 0. The number of rotatable bonds is 0. The molecule has 0 saturated heterocycles.